The highest BCUT2D eigenvalue weighted by Gasteiger charge is 2.58. The first-order valence-electron chi connectivity index (χ1n) is 12.0. The lowest BCUT2D eigenvalue weighted by Gasteiger charge is -2.51. The second-order valence-corrected chi connectivity index (χ2v) is 10.0. The quantitative estimate of drug-likeness (QED) is 0.628. The van der Waals surface area contributed by atoms with Crippen molar-refractivity contribution < 1.29 is 24.2 Å². The molecule has 0 radical (unpaired) electrons. The van der Waals surface area contributed by atoms with Gasteiger partial charge in [-0.2, -0.15) is 0 Å². The zero-order chi connectivity index (χ0) is 26.8. The molecule has 1 N–H and O–H groups in total. The molecule has 0 spiro atoms. The Bertz CT molecular complexity index is 1530. The maximum Gasteiger partial charge on any atom is 0.347 e. The van der Waals surface area contributed by atoms with Gasteiger partial charge in [-0.3, -0.25) is 9.59 Å². The van der Waals surface area contributed by atoms with Crippen LogP contribution in [0.2, 0.25) is 0 Å². The maximum atomic E-state index is 13.7. The summed E-state index contributed by atoms with van der Waals surface area (Å²) in [5.41, 5.74) is -0.0800. The minimum atomic E-state index is -1.07. The fourth-order valence-electron chi connectivity index (χ4n) is 6.19. The van der Waals surface area contributed by atoms with Gasteiger partial charge in [-0.25, -0.2) is 23.5 Å². The number of phenols is 1. The van der Waals surface area contributed by atoms with Crippen molar-refractivity contribution in [2.75, 3.05) is 14.2 Å². The minimum absolute atomic E-state index is 0.115. The van der Waals surface area contributed by atoms with Crippen LogP contribution < -0.4 is 20.9 Å². The van der Waals surface area contributed by atoms with Crippen LogP contribution in [0.1, 0.15) is 31.9 Å². The van der Waals surface area contributed by atoms with E-state index in [4.69, 9.17) is 9.47 Å². The fraction of sp³-hybridized carbons (Fsp3) is 0.407. The third-order valence-electron chi connectivity index (χ3n) is 8.15. The van der Waals surface area contributed by atoms with Crippen LogP contribution in [0.3, 0.4) is 0 Å². The molecule has 10 heteroatoms. The first-order valence-corrected chi connectivity index (χ1v) is 12.0. The van der Waals surface area contributed by atoms with Crippen molar-refractivity contribution in [1.82, 2.24) is 13.9 Å². The lowest BCUT2D eigenvalue weighted by atomic mass is 9.52. The van der Waals surface area contributed by atoms with Gasteiger partial charge >= 0.3 is 11.4 Å². The molecule has 1 saturated carbocycles. The van der Waals surface area contributed by atoms with Gasteiger partial charge < -0.3 is 14.6 Å². The van der Waals surface area contributed by atoms with E-state index in [1.165, 1.54) is 36.7 Å². The zero-order valence-corrected chi connectivity index (χ0v) is 21.3. The molecule has 0 bridgehead atoms. The summed E-state index contributed by atoms with van der Waals surface area (Å²) in [6, 6.07) is 2.74. The number of Topliss-reactive ketones (excluding diaryl/α,β-unsaturated/α-hetero) is 1. The van der Waals surface area contributed by atoms with E-state index in [0.717, 1.165) is 10.1 Å². The average Bonchev–Trinajstić information content (AvgIpc) is 3.10. The molecule has 1 aromatic carbocycles. The van der Waals surface area contributed by atoms with Crippen molar-refractivity contribution in [1.29, 1.82) is 0 Å². The first-order chi connectivity index (χ1) is 17.5. The molecule has 5 rings (SSSR count). The van der Waals surface area contributed by atoms with Crippen molar-refractivity contribution in [3.05, 3.63) is 68.0 Å². The van der Waals surface area contributed by atoms with E-state index in [1.54, 1.807) is 25.1 Å². The van der Waals surface area contributed by atoms with Crippen molar-refractivity contribution in [2.45, 2.75) is 32.9 Å². The SMILES string of the molecule is COc1cc(C=C[C@H]2C3=CCn4c(=O)n(C)c(=O)n4[C@@H]3C[C@H]3C(=O)C=C(C)C(=O)[C@@]23C)cc(OC)c1O. The Morgan fingerprint density at radius 2 is 1.73 bits per heavy atom. The highest BCUT2D eigenvalue weighted by molar-refractivity contribution is 6.13. The number of ether oxygens (including phenoxy) is 2. The second kappa shape index (κ2) is 8.50. The van der Waals surface area contributed by atoms with Gasteiger partial charge in [0.2, 0.25) is 5.75 Å². The summed E-state index contributed by atoms with van der Waals surface area (Å²) in [5.74, 6) is -1.15. The summed E-state index contributed by atoms with van der Waals surface area (Å²) in [5, 5.41) is 10.3. The number of phenolic OH excluding ortho intramolecular Hbond substituents is 1. The number of rotatable bonds is 4. The minimum Gasteiger partial charge on any atom is -0.502 e. The Hall–Kier alpha value is -4.08. The summed E-state index contributed by atoms with van der Waals surface area (Å²) < 4.78 is 14.4. The third kappa shape index (κ3) is 3.38. The number of hydrogen-bond donors (Lipinski definition) is 1. The molecule has 1 fully saturated rings. The van der Waals surface area contributed by atoms with Crippen LogP contribution in [0.15, 0.2) is 51.1 Å². The molecule has 1 aliphatic heterocycles. The summed E-state index contributed by atoms with van der Waals surface area (Å²) >= 11 is 0. The van der Waals surface area contributed by atoms with Crippen LogP contribution in [0, 0.1) is 17.3 Å². The van der Waals surface area contributed by atoms with Crippen LogP contribution in [0.25, 0.3) is 6.08 Å². The van der Waals surface area contributed by atoms with Gasteiger partial charge in [-0.15, -0.1) is 0 Å². The Balaban J connectivity index is 1.69. The number of nitrogens with zero attached hydrogens (tertiary/aromatic N) is 3. The van der Waals surface area contributed by atoms with Crippen molar-refractivity contribution in [2.24, 2.45) is 24.3 Å². The number of ketones is 2. The first kappa shape index (κ1) is 24.6. The van der Waals surface area contributed by atoms with Crippen molar-refractivity contribution >= 4 is 17.6 Å². The predicted molar refractivity (Wildman–Crippen MR) is 135 cm³/mol. The number of allylic oxidation sites excluding steroid dienone is 5. The summed E-state index contributed by atoms with van der Waals surface area (Å²) in [4.78, 5) is 52.6. The largest absolute Gasteiger partial charge is 0.502 e. The van der Waals surface area contributed by atoms with Gasteiger partial charge in [0, 0.05) is 18.9 Å². The van der Waals surface area contributed by atoms with Crippen LogP contribution in [0.5, 0.6) is 17.2 Å². The Morgan fingerprint density at radius 3 is 2.35 bits per heavy atom. The lowest BCUT2D eigenvalue weighted by Crippen LogP contribution is -2.55. The van der Waals surface area contributed by atoms with E-state index in [-0.39, 0.29) is 41.8 Å². The van der Waals surface area contributed by atoms with E-state index in [0.29, 0.717) is 11.1 Å². The lowest BCUT2D eigenvalue weighted by molar-refractivity contribution is -0.140. The molecule has 1 aromatic heterocycles. The highest BCUT2D eigenvalue weighted by Crippen LogP contribution is 2.56. The number of benzene rings is 1. The fourth-order valence-corrected chi connectivity index (χ4v) is 6.19. The number of carbonyl (C=O) groups excluding carboxylic acids is 2. The number of fused-ring (bicyclic) bond motifs is 4. The molecular weight excluding hydrogens is 478 g/mol. The molecule has 3 aliphatic rings. The van der Waals surface area contributed by atoms with Gasteiger partial charge in [-0.05, 0) is 48.3 Å². The number of hydrogen-bond acceptors (Lipinski definition) is 7. The van der Waals surface area contributed by atoms with Gasteiger partial charge in [-0.1, -0.05) is 25.2 Å². The number of aromatic hydroxyl groups is 1. The molecule has 2 aliphatic carbocycles. The van der Waals surface area contributed by atoms with Gasteiger partial charge in [0.1, 0.15) is 0 Å². The van der Waals surface area contributed by atoms with E-state index in [9.17, 15) is 24.3 Å². The molecule has 10 nitrogen and oxygen atoms in total. The number of methoxy groups -OCH3 is 2. The molecule has 4 atom stereocenters. The smallest absolute Gasteiger partial charge is 0.347 e. The predicted octanol–water partition coefficient (Wildman–Crippen LogP) is 2.01. The molecule has 194 valence electrons. The number of aromatic nitrogens is 3. The van der Waals surface area contributed by atoms with E-state index >= 15 is 0 Å². The van der Waals surface area contributed by atoms with Gasteiger partial charge in [0.25, 0.3) is 0 Å². The van der Waals surface area contributed by atoms with Crippen LogP contribution in [-0.2, 0) is 23.2 Å². The molecule has 37 heavy (non-hydrogen) atoms. The topological polar surface area (TPSA) is 122 Å². The summed E-state index contributed by atoms with van der Waals surface area (Å²) in [6.07, 6.45) is 7.18. The molecule has 0 unspecified atom stereocenters. The second-order valence-electron chi connectivity index (χ2n) is 10.0. The van der Waals surface area contributed by atoms with Crippen LogP contribution >= 0.6 is 0 Å². The number of carbonyl (C=O) groups is 2. The van der Waals surface area contributed by atoms with E-state index in [2.05, 4.69) is 0 Å². The summed E-state index contributed by atoms with van der Waals surface area (Å²) in [6.45, 7) is 3.65. The third-order valence-corrected chi connectivity index (χ3v) is 8.15. The van der Waals surface area contributed by atoms with Crippen molar-refractivity contribution in [3.8, 4) is 17.2 Å². The van der Waals surface area contributed by atoms with Crippen LogP contribution in [-0.4, -0.2) is 44.8 Å². The maximum absolute atomic E-state index is 13.7. The van der Waals surface area contributed by atoms with E-state index < -0.39 is 34.7 Å². The van der Waals surface area contributed by atoms with Crippen molar-refractivity contribution in [3.63, 3.8) is 0 Å². The molecule has 0 saturated heterocycles. The Labute approximate surface area is 212 Å². The Morgan fingerprint density at radius 1 is 1.08 bits per heavy atom. The Kier molecular flexibility index (Phi) is 5.65. The normalized spacial score (nSPS) is 26.8. The van der Waals surface area contributed by atoms with E-state index in [1.807, 2.05) is 19.1 Å². The highest BCUT2D eigenvalue weighted by atomic mass is 16.5. The molecule has 2 aromatic rings. The van der Waals surface area contributed by atoms with Crippen LogP contribution in [0.4, 0.5) is 0 Å². The monoisotopic (exact) mass is 507 g/mol. The average molecular weight is 508 g/mol. The molecular formula is C27H29N3O7. The molecule has 2 heterocycles. The summed E-state index contributed by atoms with van der Waals surface area (Å²) in [7, 11) is 4.30. The van der Waals surface area contributed by atoms with Gasteiger partial charge in [0.15, 0.2) is 23.1 Å². The molecule has 0 amide bonds. The van der Waals surface area contributed by atoms with Gasteiger partial charge in [0.05, 0.1) is 32.2 Å². The zero-order valence-electron chi connectivity index (χ0n) is 21.3. The standard InChI is InChI=1S/C27H29N3O7/c1-14-10-20(31)18-13-19-16(8-9-29-25(34)28(3)26(35)30(19)29)17(27(18,2)24(14)33)7-6-15-11-21(36-4)23(32)22(12-15)37-5/h6-8,10-12,17-19,32H,9,13H2,1-5H3/t17-,18-,19+,27-/m0/s1.